The van der Waals surface area contributed by atoms with Crippen LogP contribution in [0.4, 0.5) is 0 Å². The van der Waals surface area contributed by atoms with Crippen molar-refractivity contribution in [2.45, 2.75) is 57.1 Å². The number of benzene rings is 2. The van der Waals surface area contributed by atoms with E-state index >= 15 is 0 Å². The summed E-state index contributed by atoms with van der Waals surface area (Å²) in [5.74, 6) is 0.377. The van der Waals surface area contributed by atoms with E-state index in [1.165, 1.54) is 0 Å². The lowest BCUT2D eigenvalue weighted by atomic mass is 10.1. The fraction of sp³-hybridized carbons (Fsp3) is 0.391. The van der Waals surface area contributed by atoms with Crippen LogP contribution in [0.2, 0.25) is 10.0 Å². The molecule has 2 aromatic rings. The molecule has 0 radical (unpaired) electrons. The lowest BCUT2D eigenvalue weighted by Gasteiger charge is -2.30. The molecule has 2 atom stereocenters. The molecule has 2 amide bonds. The molecular weight excluding hydrogens is 439 g/mol. The zero-order valence-corrected chi connectivity index (χ0v) is 19.9. The Morgan fingerprint density at radius 2 is 1.80 bits per heavy atom. The second kappa shape index (κ2) is 12.2. The molecule has 0 heterocycles. The highest BCUT2D eigenvalue weighted by molar-refractivity contribution is 7.99. The van der Waals surface area contributed by atoms with E-state index in [4.69, 9.17) is 23.2 Å². The zero-order chi connectivity index (χ0) is 22.1. The van der Waals surface area contributed by atoms with Crippen molar-refractivity contribution in [3.63, 3.8) is 0 Å². The molecule has 0 aromatic heterocycles. The largest absolute Gasteiger partial charge is 0.352 e. The Hall–Kier alpha value is -1.69. The Morgan fingerprint density at radius 1 is 1.10 bits per heavy atom. The van der Waals surface area contributed by atoms with Crippen molar-refractivity contribution in [3.05, 3.63) is 64.1 Å². The number of amides is 2. The molecule has 0 saturated carbocycles. The van der Waals surface area contributed by atoms with Crippen molar-refractivity contribution in [2.75, 3.05) is 5.75 Å². The number of nitrogens with zero attached hydrogens (tertiary/aromatic N) is 1. The monoisotopic (exact) mass is 466 g/mol. The molecule has 2 aromatic carbocycles. The van der Waals surface area contributed by atoms with E-state index in [1.54, 1.807) is 41.8 Å². The number of rotatable bonds is 10. The third-order valence-corrected chi connectivity index (χ3v) is 6.45. The second-order valence-electron chi connectivity index (χ2n) is 7.16. The minimum absolute atomic E-state index is 0.0460. The van der Waals surface area contributed by atoms with Gasteiger partial charge in [-0.1, -0.05) is 54.4 Å². The van der Waals surface area contributed by atoms with Crippen LogP contribution in [0.3, 0.4) is 0 Å². The summed E-state index contributed by atoms with van der Waals surface area (Å²) < 4.78 is 0. The van der Waals surface area contributed by atoms with Gasteiger partial charge in [0.1, 0.15) is 6.04 Å². The number of carbonyl (C=O) groups excluding carboxylic acids is 2. The van der Waals surface area contributed by atoms with Gasteiger partial charge in [-0.3, -0.25) is 9.59 Å². The molecule has 162 valence electrons. The van der Waals surface area contributed by atoms with Gasteiger partial charge < -0.3 is 10.2 Å². The molecule has 1 N–H and O–H groups in total. The molecule has 0 aliphatic rings. The SMILES string of the molecule is CC[C@H](C)NC(=O)[C@H](C)N(Cc1ccc(Cl)cc1Cl)C(=O)CCSc1ccccc1. The van der Waals surface area contributed by atoms with Crippen molar-refractivity contribution in [2.24, 2.45) is 0 Å². The average Bonchev–Trinajstić information content (AvgIpc) is 2.73. The Balaban J connectivity index is 2.12. The number of carbonyl (C=O) groups is 2. The highest BCUT2D eigenvalue weighted by atomic mass is 35.5. The lowest BCUT2D eigenvalue weighted by Crippen LogP contribution is -2.49. The lowest BCUT2D eigenvalue weighted by molar-refractivity contribution is -0.140. The summed E-state index contributed by atoms with van der Waals surface area (Å²) >= 11 is 13.9. The minimum atomic E-state index is -0.611. The van der Waals surface area contributed by atoms with E-state index in [9.17, 15) is 9.59 Å². The first-order valence-corrected chi connectivity index (χ1v) is 11.8. The van der Waals surface area contributed by atoms with Gasteiger partial charge in [-0.05, 0) is 50.1 Å². The van der Waals surface area contributed by atoms with Gasteiger partial charge in [0.05, 0.1) is 0 Å². The van der Waals surface area contributed by atoms with Gasteiger partial charge in [0, 0.05) is 39.7 Å². The van der Waals surface area contributed by atoms with Crippen LogP contribution >= 0.6 is 35.0 Å². The topological polar surface area (TPSA) is 49.4 Å². The summed E-state index contributed by atoms with van der Waals surface area (Å²) in [4.78, 5) is 28.5. The summed E-state index contributed by atoms with van der Waals surface area (Å²) in [6.45, 7) is 5.96. The van der Waals surface area contributed by atoms with Crippen molar-refractivity contribution in [1.82, 2.24) is 10.2 Å². The molecule has 0 fully saturated rings. The number of nitrogens with one attached hydrogen (secondary N) is 1. The second-order valence-corrected chi connectivity index (χ2v) is 9.17. The quantitative estimate of drug-likeness (QED) is 0.449. The minimum Gasteiger partial charge on any atom is -0.352 e. The van der Waals surface area contributed by atoms with Gasteiger partial charge in [-0.15, -0.1) is 11.8 Å². The Labute approximate surface area is 193 Å². The molecule has 30 heavy (non-hydrogen) atoms. The molecular formula is C23H28Cl2N2O2S. The summed E-state index contributed by atoms with van der Waals surface area (Å²) in [6, 6.07) is 14.6. The molecule has 0 bridgehead atoms. The predicted octanol–water partition coefficient (Wildman–Crippen LogP) is 5.81. The summed E-state index contributed by atoms with van der Waals surface area (Å²) in [6.07, 6.45) is 1.15. The van der Waals surface area contributed by atoms with E-state index in [0.717, 1.165) is 16.9 Å². The maximum Gasteiger partial charge on any atom is 0.242 e. The van der Waals surface area contributed by atoms with Crippen LogP contribution in [-0.2, 0) is 16.1 Å². The highest BCUT2D eigenvalue weighted by Crippen LogP contribution is 2.24. The molecule has 4 nitrogen and oxygen atoms in total. The first kappa shape index (κ1) is 24.6. The summed E-state index contributed by atoms with van der Waals surface area (Å²) in [5, 5.41) is 3.98. The summed E-state index contributed by atoms with van der Waals surface area (Å²) in [7, 11) is 0. The normalized spacial score (nSPS) is 12.8. The number of thioether (sulfide) groups is 1. The number of hydrogen-bond donors (Lipinski definition) is 1. The van der Waals surface area contributed by atoms with Crippen LogP contribution in [0.1, 0.15) is 39.2 Å². The van der Waals surface area contributed by atoms with E-state index in [1.807, 2.05) is 44.2 Å². The third-order valence-electron chi connectivity index (χ3n) is 4.85. The molecule has 0 aliphatic heterocycles. The van der Waals surface area contributed by atoms with Gasteiger partial charge in [0.25, 0.3) is 0 Å². The van der Waals surface area contributed by atoms with E-state index < -0.39 is 6.04 Å². The Bertz CT molecular complexity index is 848. The first-order valence-electron chi connectivity index (χ1n) is 10.0. The van der Waals surface area contributed by atoms with Gasteiger partial charge in [-0.25, -0.2) is 0 Å². The van der Waals surface area contributed by atoms with Crippen LogP contribution in [0.15, 0.2) is 53.4 Å². The van der Waals surface area contributed by atoms with Crippen molar-refractivity contribution < 1.29 is 9.59 Å². The standard InChI is InChI=1S/C23H28Cl2N2O2S/c1-4-16(2)26-23(29)17(3)27(15-18-10-11-19(24)14-21(18)25)22(28)12-13-30-20-8-6-5-7-9-20/h5-11,14,16-17H,4,12-13,15H2,1-3H3,(H,26,29)/t16-,17-/m0/s1. The van der Waals surface area contributed by atoms with Gasteiger partial charge in [0.2, 0.25) is 11.8 Å². The molecule has 7 heteroatoms. The van der Waals surface area contributed by atoms with E-state index in [0.29, 0.717) is 22.2 Å². The fourth-order valence-corrected chi connectivity index (χ4v) is 4.13. The fourth-order valence-electron chi connectivity index (χ4n) is 2.80. The van der Waals surface area contributed by atoms with Crippen LogP contribution in [-0.4, -0.2) is 34.6 Å². The number of halogens is 2. The van der Waals surface area contributed by atoms with E-state index in [2.05, 4.69) is 5.32 Å². The molecule has 0 saturated heterocycles. The van der Waals surface area contributed by atoms with Crippen molar-refractivity contribution in [3.8, 4) is 0 Å². The van der Waals surface area contributed by atoms with Crippen LogP contribution in [0.5, 0.6) is 0 Å². The summed E-state index contributed by atoms with van der Waals surface area (Å²) in [5.41, 5.74) is 0.758. The van der Waals surface area contributed by atoms with Gasteiger partial charge in [-0.2, -0.15) is 0 Å². The molecule has 0 aliphatic carbocycles. The average molecular weight is 467 g/mol. The maximum atomic E-state index is 13.1. The van der Waals surface area contributed by atoms with Crippen LogP contribution < -0.4 is 5.32 Å². The van der Waals surface area contributed by atoms with Gasteiger partial charge >= 0.3 is 0 Å². The van der Waals surface area contributed by atoms with Gasteiger partial charge in [0.15, 0.2) is 0 Å². The number of hydrogen-bond acceptors (Lipinski definition) is 3. The first-order chi connectivity index (χ1) is 14.3. The predicted molar refractivity (Wildman–Crippen MR) is 126 cm³/mol. The zero-order valence-electron chi connectivity index (χ0n) is 17.5. The Morgan fingerprint density at radius 3 is 2.43 bits per heavy atom. The molecule has 2 rings (SSSR count). The van der Waals surface area contributed by atoms with Crippen LogP contribution in [0.25, 0.3) is 0 Å². The van der Waals surface area contributed by atoms with Crippen molar-refractivity contribution >= 4 is 46.8 Å². The van der Waals surface area contributed by atoms with Crippen LogP contribution in [0, 0.1) is 0 Å². The Kier molecular flexibility index (Phi) is 10.0. The maximum absolute atomic E-state index is 13.1. The third kappa shape index (κ3) is 7.53. The van der Waals surface area contributed by atoms with E-state index in [-0.39, 0.29) is 24.4 Å². The highest BCUT2D eigenvalue weighted by Gasteiger charge is 2.27. The molecule has 0 spiro atoms. The molecule has 0 unspecified atom stereocenters. The smallest absolute Gasteiger partial charge is 0.242 e. The van der Waals surface area contributed by atoms with Crippen molar-refractivity contribution in [1.29, 1.82) is 0 Å².